The molecule has 0 radical (unpaired) electrons. The van der Waals surface area contributed by atoms with Crippen LogP contribution in [0.1, 0.15) is 11.1 Å². The van der Waals surface area contributed by atoms with Crippen molar-refractivity contribution in [1.29, 1.82) is 0 Å². The highest BCUT2D eigenvalue weighted by atomic mass is 15.3. The first-order valence-electron chi connectivity index (χ1n) is 7.63. The lowest BCUT2D eigenvalue weighted by atomic mass is 10.1. The number of hydrogen-bond acceptors (Lipinski definition) is 3. The highest BCUT2D eigenvalue weighted by Gasteiger charge is 2.16. The molecule has 110 valence electrons. The van der Waals surface area contributed by atoms with E-state index in [2.05, 4.69) is 52.3 Å². The minimum Gasteiger partial charge on any atom is -0.399 e. The fraction of sp³-hybridized carbons (Fsp3) is 0.333. The minimum atomic E-state index is 0.839. The van der Waals surface area contributed by atoms with Gasteiger partial charge >= 0.3 is 0 Å². The zero-order chi connectivity index (χ0) is 14.5. The van der Waals surface area contributed by atoms with Gasteiger partial charge in [0, 0.05) is 45.0 Å². The second-order valence-corrected chi connectivity index (χ2v) is 5.78. The predicted molar refractivity (Wildman–Crippen MR) is 87.9 cm³/mol. The van der Waals surface area contributed by atoms with Crippen LogP contribution >= 0.6 is 0 Å². The Morgan fingerprint density at radius 1 is 0.667 bits per heavy atom. The van der Waals surface area contributed by atoms with Crippen LogP contribution in [0.4, 0.5) is 5.69 Å². The molecule has 1 heterocycles. The van der Waals surface area contributed by atoms with Crippen molar-refractivity contribution in [2.24, 2.45) is 0 Å². The van der Waals surface area contributed by atoms with E-state index in [1.165, 1.54) is 11.1 Å². The fourth-order valence-electron chi connectivity index (χ4n) is 2.83. The number of nitrogens with two attached hydrogens (primary N) is 1. The van der Waals surface area contributed by atoms with Crippen LogP contribution in [-0.4, -0.2) is 36.0 Å². The molecule has 3 nitrogen and oxygen atoms in total. The molecule has 2 aromatic carbocycles. The molecule has 1 aliphatic rings. The van der Waals surface area contributed by atoms with Crippen LogP contribution in [0.2, 0.25) is 0 Å². The lowest BCUT2D eigenvalue weighted by Gasteiger charge is -2.34. The van der Waals surface area contributed by atoms with Gasteiger partial charge in [0.2, 0.25) is 0 Å². The van der Waals surface area contributed by atoms with Gasteiger partial charge in [-0.3, -0.25) is 9.80 Å². The third kappa shape index (κ3) is 4.06. The number of piperazine rings is 1. The van der Waals surface area contributed by atoms with E-state index < -0.39 is 0 Å². The molecule has 0 unspecified atom stereocenters. The Balaban J connectivity index is 1.47. The van der Waals surface area contributed by atoms with Gasteiger partial charge in [0.05, 0.1) is 0 Å². The molecule has 0 saturated carbocycles. The number of rotatable bonds is 4. The van der Waals surface area contributed by atoms with Gasteiger partial charge in [-0.1, -0.05) is 42.5 Å². The van der Waals surface area contributed by atoms with Crippen LogP contribution in [0, 0.1) is 0 Å². The summed E-state index contributed by atoms with van der Waals surface area (Å²) in [5.74, 6) is 0. The maximum Gasteiger partial charge on any atom is 0.0314 e. The first kappa shape index (κ1) is 14.1. The zero-order valence-electron chi connectivity index (χ0n) is 12.4. The second kappa shape index (κ2) is 6.74. The van der Waals surface area contributed by atoms with Gasteiger partial charge in [0.1, 0.15) is 0 Å². The van der Waals surface area contributed by atoms with Crippen molar-refractivity contribution in [2.75, 3.05) is 31.9 Å². The van der Waals surface area contributed by atoms with Gasteiger partial charge in [0.25, 0.3) is 0 Å². The molecular formula is C18H23N3. The lowest BCUT2D eigenvalue weighted by molar-refractivity contribution is 0.122. The summed E-state index contributed by atoms with van der Waals surface area (Å²) < 4.78 is 0. The largest absolute Gasteiger partial charge is 0.399 e. The van der Waals surface area contributed by atoms with Crippen molar-refractivity contribution in [3.05, 3.63) is 65.7 Å². The van der Waals surface area contributed by atoms with Gasteiger partial charge in [-0.05, 0) is 23.3 Å². The highest BCUT2D eigenvalue weighted by Crippen LogP contribution is 2.12. The second-order valence-electron chi connectivity index (χ2n) is 5.78. The molecule has 0 amide bonds. The molecule has 21 heavy (non-hydrogen) atoms. The standard InChI is InChI=1S/C18H23N3/c19-18-8-6-17(7-9-18)15-21-12-10-20(11-13-21)14-16-4-2-1-3-5-16/h1-9H,10-15,19H2. The smallest absolute Gasteiger partial charge is 0.0314 e. The molecule has 0 atom stereocenters. The van der Waals surface area contributed by atoms with Gasteiger partial charge in [-0.15, -0.1) is 0 Å². The topological polar surface area (TPSA) is 32.5 Å². The molecule has 2 aromatic rings. The van der Waals surface area contributed by atoms with E-state index in [9.17, 15) is 0 Å². The fourth-order valence-corrected chi connectivity index (χ4v) is 2.83. The molecule has 2 N–H and O–H groups in total. The highest BCUT2D eigenvalue weighted by molar-refractivity contribution is 5.39. The van der Waals surface area contributed by atoms with Crippen molar-refractivity contribution in [3.8, 4) is 0 Å². The summed E-state index contributed by atoms with van der Waals surface area (Å²) in [7, 11) is 0. The summed E-state index contributed by atoms with van der Waals surface area (Å²) in [6, 6.07) is 19.0. The van der Waals surface area contributed by atoms with E-state index in [1.807, 2.05) is 12.1 Å². The van der Waals surface area contributed by atoms with Crippen molar-refractivity contribution >= 4 is 5.69 Å². The van der Waals surface area contributed by atoms with Crippen LogP contribution in [0.5, 0.6) is 0 Å². The number of nitrogen functional groups attached to an aromatic ring is 1. The van der Waals surface area contributed by atoms with Crippen molar-refractivity contribution in [2.45, 2.75) is 13.1 Å². The first-order valence-corrected chi connectivity index (χ1v) is 7.63. The zero-order valence-corrected chi connectivity index (χ0v) is 12.4. The molecule has 0 spiro atoms. The molecule has 3 rings (SSSR count). The monoisotopic (exact) mass is 281 g/mol. The Labute approximate surface area is 127 Å². The van der Waals surface area contributed by atoms with Crippen LogP contribution in [0.3, 0.4) is 0 Å². The Bertz CT molecular complexity index is 542. The van der Waals surface area contributed by atoms with Gasteiger partial charge in [0.15, 0.2) is 0 Å². The number of benzene rings is 2. The number of anilines is 1. The first-order chi connectivity index (χ1) is 10.3. The van der Waals surface area contributed by atoms with E-state index in [0.717, 1.165) is 45.0 Å². The summed E-state index contributed by atoms with van der Waals surface area (Å²) >= 11 is 0. The van der Waals surface area contributed by atoms with Crippen LogP contribution < -0.4 is 5.73 Å². The predicted octanol–water partition coefficient (Wildman–Crippen LogP) is 2.59. The van der Waals surface area contributed by atoms with Crippen molar-refractivity contribution in [3.63, 3.8) is 0 Å². The molecule has 1 fully saturated rings. The van der Waals surface area contributed by atoms with E-state index >= 15 is 0 Å². The van der Waals surface area contributed by atoms with Gasteiger partial charge in [-0.25, -0.2) is 0 Å². The molecule has 0 aromatic heterocycles. The summed E-state index contributed by atoms with van der Waals surface area (Å²) in [6.45, 7) is 6.65. The molecule has 0 aliphatic carbocycles. The third-order valence-corrected chi connectivity index (χ3v) is 4.10. The average Bonchev–Trinajstić information content (AvgIpc) is 2.53. The molecule has 3 heteroatoms. The summed E-state index contributed by atoms with van der Waals surface area (Å²) in [5, 5.41) is 0. The lowest BCUT2D eigenvalue weighted by Crippen LogP contribution is -2.45. The maximum atomic E-state index is 5.73. The Hall–Kier alpha value is -1.84. The maximum absolute atomic E-state index is 5.73. The molecule has 1 saturated heterocycles. The normalized spacial score (nSPS) is 17.0. The molecule has 0 bridgehead atoms. The van der Waals surface area contributed by atoms with Crippen molar-refractivity contribution in [1.82, 2.24) is 9.80 Å². The molecular weight excluding hydrogens is 258 g/mol. The third-order valence-electron chi connectivity index (χ3n) is 4.10. The van der Waals surface area contributed by atoms with Crippen LogP contribution in [-0.2, 0) is 13.1 Å². The minimum absolute atomic E-state index is 0.839. The van der Waals surface area contributed by atoms with Gasteiger partial charge in [-0.2, -0.15) is 0 Å². The Kier molecular flexibility index (Phi) is 4.53. The van der Waals surface area contributed by atoms with E-state index in [1.54, 1.807) is 0 Å². The quantitative estimate of drug-likeness (QED) is 0.874. The Morgan fingerprint density at radius 3 is 1.67 bits per heavy atom. The summed E-state index contributed by atoms with van der Waals surface area (Å²) in [6.07, 6.45) is 0. The van der Waals surface area contributed by atoms with Crippen molar-refractivity contribution < 1.29 is 0 Å². The molecule has 1 aliphatic heterocycles. The number of hydrogen-bond donors (Lipinski definition) is 1. The number of nitrogens with zero attached hydrogens (tertiary/aromatic N) is 2. The summed E-state index contributed by atoms with van der Waals surface area (Å²) in [4.78, 5) is 5.06. The van der Waals surface area contributed by atoms with E-state index in [0.29, 0.717) is 0 Å². The Morgan fingerprint density at radius 2 is 1.14 bits per heavy atom. The summed E-state index contributed by atoms with van der Waals surface area (Å²) in [5.41, 5.74) is 9.33. The van der Waals surface area contributed by atoms with Crippen LogP contribution in [0.25, 0.3) is 0 Å². The average molecular weight is 281 g/mol. The SMILES string of the molecule is Nc1ccc(CN2CCN(Cc3ccccc3)CC2)cc1. The van der Waals surface area contributed by atoms with E-state index in [4.69, 9.17) is 5.73 Å². The van der Waals surface area contributed by atoms with Gasteiger partial charge < -0.3 is 5.73 Å². The van der Waals surface area contributed by atoms with Crippen LogP contribution in [0.15, 0.2) is 54.6 Å². The van der Waals surface area contributed by atoms with E-state index in [-0.39, 0.29) is 0 Å².